The molecular weight excluding hydrogens is 252 g/mol. The fourth-order valence-corrected chi connectivity index (χ4v) is 3.40. The highest BCUT2D eigenvalue weighted by molar-refractivity contribution is 7.87. The van der Waals surface area contributed by atoms with Gasteiger partial charge in [0.1, 0.15) is 5.78 Å². The molecule has 1 aromatic rings. The van der Waals surface area contributed by atoms with Crippen LogP contribution in [0.5, 0.6) is 0 Å². The van der Waals surface area contributed by atoms with Gasteiger partial charge in [0.25, 0.3) is 10.2 Å². The first-order valence-electron chi connectivity index (χ1n) is 5.81. The lowest BCUT2D eigenvalue weighted by molar-refractivity contribution is -0.118. The van der Waals surface area contributed by atoms with Crippen molar-refractivity contribution in [1.82, 2.24) is 9.03 Å². The van der Waals surface area contributed by atoms with Gasteiger partial charge >= 0.3 is 0 Å². The fourth-order valence-electron chi connectivity index (χ4n) is 1.94. The molecule has 0 amide bonds. The number of hydrogen-bond acceptors (Lipinski definition) is 3. The van der Waals surface area contributed by atoms with E-state index >= 15 is 0 Å². The van der Waals surface area contributed by atoms with Crippen molar-refractivity contribution in [3.8, 4) is 0 Å². The van der Waals surface area contributed by atoms with Gasteiger partial charge in [0.05, 0.1) is 6.04 Å². The predicted molar refractivity (Wildman–Crippen MR) is 68.0 cm³/mol. The Morgan fingerprint density at radius 2 is 2.06 bits per heavy atom. The maximum atomic E-state index is 12.0. The highest BCUT2D eigenvalue weighted by Gasteiger charge is 2.33. The molecule has 0 radical (unpaired) electrons. The molecule has 1 saturated heterocycles. The number of benzene rings is 1. The second kappa shape index (κ2) is 5.17. The average molecular weight is 268 g/mol. The average Bonchev–Trinajstić information content (AvgIpc) is 2.32. The second-order valence-corrected chi connectivity index (χ2v) is 6.10. The van der Waals surface area contributed by atoms with Gasteiger partial charge < -0.3 is 0 Å². The van der Waals surface area contributed by atoms with Crippen LogP contribution in [-0.4, -0.2) is 31.1 Å². The minimum Gasteiger partial charge on any atom is -0.298 e. The summed E-state index contributed by atoms with van der Waals surface area (Å²) in [5.74, 6) is -0.141. The van der Waals surface area contributed by atoms with Crippen molar-refractivity contribution in [2.24, 2.45) is 0 Å². The predicted octanol–water partition coefficient (Wildman–Crippen LogP) is 0.684. The normalized spacial score (nSPS) is 23.7. The molecule has 0 spiro atoms. The Morgan fingerprint density at radius 3 is 2.61 bits per heavy atom. The zero-order chi connectivity index (χ0) is 13.2. The third kappa shape index (κ3) is 2.95. The smallest absolute Gasteiger partial charge is 0.280 e. The van der Waals surface area contributed by atoms with Crippen LogP contribution in [-0.2, 0) is 21.5 Å². The van der Waals surface area contributed by atoms with Crippen molar-refractivity contribution in [2.45, 2.75) is 25.9 Å². The molecule has 1 heterocycles. The van der Waals surface area contributed by atoms with Gasteiger partial charge in [-0.15, -0.1) is 0 Å². The second-order valence-electron chi connectivity index (χ2n) is 4.39. The van der Waals surface area contributed by atoms with Crippen LogP contribution in [0.4, 0.5) is 0 Å². The Labute approximate surface area is 107 Å². The molecule has 0 aliphatic carbocycles. The summed E-state index contributed by atoms with van der Waals surface area (Å²) in [7, 11) is -3.55. The van der Waals surface area contributed by atoms with E-state index in [0.29, 0.717) is 19.5 Å². The van der Waals surface area contributed by atoms with Crippen LogP contribution < -0.4 is 4.72 Å². The lowest BCUT2D eigenvalue weighted by Gasteiger charge is -2.31. The fraction of sp³-hybridized carbons (Fsp3) is 0.417. The molecular formula is C12H16N2O3S. The highest BCUT2D eigenvalue weighted by Crippen LogP contribution is 2.15. The Kier molecular flexibility index (Phi) is 3.79. The number of Topliss-reactive ketones (excluding diaryl/α,β-unsaturated/α-hetero) is 1. The van der Waals surface area contributed by atoms with Gasteiger partial charge in [-0.1, -0.05) is 30.3 Å². The molecule has 0 aromatic heterocycles. The first kappa shape index (κ1) is 13.2. The molecule has 1 atom stereocenters. The minimum absolute atomic E-state index is 0.141. The van der Waals surface area contributed by atoms with Crippen molar-refractivity contribution >= 4 is 16.0 Å². The number of ketones is 1. The number of hydrogen-bond donors (Lipinski definition) is 1. The van der Waals surface area contributed by atoms with Crippen LogP contribution in [0.2, 0.25) is 0 Å². The van der Waals surface area contributed by atoms with Gasteiger partial charge in [-0.25, -0.2) is 0 Å². The molecule has 1 aliphatic rings. The van der Waals surface area contributed by atoms with Crippen LogP contribution in [0.1, 0.15) is 18.9 Å². The number of carbonyl (C=O) groups is 1. The molecule has 1 aliphatic heterocycles. The van der Waals surface area contributed by atoms with Gasteiger partial charge in [-0.05, 0) is 18.9 Å². The van der Waals surface area contributed by atoms with Crippen LogP contribution in [0.15, 0.2) is 30.3 Å². The first-order chi connectivity index (χ1) is 8.49. The zero-order valence-electron chi connectivity index (χ0n) is 10.2. The van der Waals surface area contributed by atoms with E-state index < -0.39 is 16.3 Å². The molecule has 2 rings (SSSR count). The maximum absolute atomic E-state index is 12.0. The summed E-state index contributed by atoms with van der Waals surface area (Å²) in [6.45, 7) is 2.11. The van der Waals surface area contributed by atoms with Crippen molar-refractivity contribution in [3.05, 3.63) is 35.9 Å². The van der Waals surface area contributed by atoms with E-state index in [4.69, 9.17) is 0 Å². The number of rotatable bonds is 3. The molecule has 1 N–H and O–H groups in total. The molecule has 18 heavy (non-hydrogen) atoms. The molecule has 1 fully saturated rings. The van der Waals surface area contributed by atoms with Gasteiger partial charge in [0.15, 0.2) is 0 Å². The summed E-state index contributed by atoms with van der Waals surface area (Å²) >= 11 is 0. The standard InChI is InChI=1S/C12H16N2O3S/c1-10(15)12-7-8-14(18(16,17)13-12)9-11-5-3-2-4-6-11/h2-6,12-13H,7-9H2,1H3. The van der Waals surface area contributed by atoms with E-state index in [0.717, 1.165) is 5.56 Å². The molecule has 6 heteroatoms. The third-order valence-corrected chi connectivity index (χ3v) is 4.56. The number of nitrogens with zero attached hydrogens (tertiary/aromatic N) is 1. The number of nitrogens with one attached hydrogen (secondary N) is 1. The lowest BCUT2D eigenvalue weighted by Crippen LogP contribution is -2.53. The zero-order valence-corrected chi connectivity index (χ0v) is 11.0. The van der Waals surface area contributed by atoms with Crippen LogP contribution >= 0.6 is 0 Å². The van der Waals surface area contributed by atoms with Crippen molar-refractivity contribution in [2.75, 3.05) is 6.54 Å². The Balaban J connectivity index is 2.10. The molecule has 5 nitrogen and oxygen atoms in total. The van der Waals surface area contributed by atoms with Crippen LogP contribution in [0.25, 0.3) is 0 Å². The highest BCUT2D eigenvalue weighted by atomic mass is 32.2. The summed E-state index contributed by atoms with van der Waals surface area (Å²) < 4.78 is 27.7. The molecule has 1 aromatic carbocycles. The monoisotopic (exact) mass is 268 g/mol. The molecule has 0 bridgehead atoms. The van der Waals surface area contributed by atoms with Gasteiger partial charge in [0, 0.05) is 13.1 Å². The van der Waals surface area contributed by atoms with E-state index in [2.05, 4.69) is 4.72 Å². The summed E-state index contributed by atoms with van der Waals surface area (Å²) in [4.78, 5) is 11.2. The Hall–Kier alpha value is -1.24. The maximum Gasteiger partial charge on any atom is 0.280 e. The van der Waals surface area contributed by atoms with Crippen molar-refractivity contribution < 1.29 is 13.2 Å². The first-order valence-corrected chi connectivity index (χ1v) is 7.25. The molecule has 1 unspecified atom stereocenters. The lowest BCUT2D eigenvalue weighted by atomic mass is 10.1. The van der Waals surface area contributed by atoms with Gasteiger partial charge in [-0.2, -0.15) is 17.4 Å². The van der Waals surface area contributed by atoms with Crippen molar-refractivity contribution in [1.29, 1.82) is 0 Å². The minimum atomic E-state index is -3.55. The largest absolute Gasteiger partial charge is 0.298 e. The quantitative estimate of drug-likeness (QED) is 0.877. The van der Waals surface area contributed by atoms with E-state index in [1.165, 1.54) is 11.2 Å². The van der Waals surface area contributed by atoms with Gasteiger partial charge in [-0.3, -0.25) is 4.79 Å². The summed E-state index contributed by atoms with van der Waals surface area (Å²) in [5.41, 5.74) is 0.934. The van der Waals surface area contributed by atoms with E-state index in [9.17, 15) is 13.2 Å². The summed E-state index contributed by atoms with van der Waals surface area (Å²) in [6, 6.07) is 8.81. The van der Waals surface area contributed by atoms with Crippen LogP contribution in [0.3, 0.4) is 0 Å². The summed E-state index contributed by atoms with van der Waals surface area (Å²) in [6.07, 6.45) is 0.515. The van der Waals surface area contributed by atoms with Crippen LogP contribution in [0, 0.1) is 0 Å². The van der Waals surface area contributed by atoms with Crippen molar-refractivity contribution in [3.63, 3.8) is 0 Å². The number of carbonyl (C=O) groups excluding carboxylic acids is 1. The Morgan fingerprint density at radius 1 is 1.39 bits per heavy atom. The molecule has 98 valence electrons. The molecule has 0 saturated carbocycles. The SMILES string of the molecule is CC(=O)C1CCN(Cc2ccccc2)S(=O)(=O)N1. The van der Waals surface area contributed by atoms with E-state index in [1.807, 2.05) is 30.3 Å². The third-order valence-electron chi connectivity index (χ3n) is 2.99. The van der Waals surface area contributed by atoms with E-state index in [-0.39, 0.29) is 5.78 Å². The van der Waals surface area contributed by atoms with E-state index in [1.54, 1.807) is 0 Å². The van der Waals surface area contributed by atoms with Gasteiger partial charge in [0.2, 0.25) is 0 Å². The topological polar surface area (TPSA) is 66.5 Å². The summed E-state index contributed by atoms with van der Waals surface area (Å²) in [5, 5.41) is 0. The Bertz CT molecular complexity index is 528.